The lowest BCUT2D eigenvalue weighted by Gasteiger charge is -2.31. The molecule has 3 nitrogen and oxygen atoms in total. The van der Waals surface area contributed by atoms with Gasteiger partial charge in [0, 0.05) is 30.2 Å². The second-order valence-corrected chi connectivity index (χ2v) is 6.03. The van der Waals surface area contributed by atoms with Crippen molar-refractivity contribution in [3.05, 3.63) is 34.0 Å². The number of fused-ring (bicyclic) bond motifs is 1. The monoisotopic (exact) mass is 347 g/mol. The molecule has 7 heteroatoms. The number of allylic oxidation sites excluding steroid dienone is 2. The van der Waals surface area contributed by atoms with Crippen molar-refractivity contribution in [1.82, 2.24) is 9.78 Å². The van der Waals surface area contributed by atoms with Gasteiger partial charge in [0.2, 0.25) is 0 Å². The molecule has 0 fully saturated rings. The Morgan fingerprint density at radius 1 is 1.35 bits per heavy atom. The highest BCUT2D eigenvalue weighted by molar-refractivity contribution is 6.30. The van der Waals surface area contributed by atoms with Gasteiger partial charge in [0.1, 0.15) is 5.82 Å². The Labute approximate surface area is 139 Å². The summed E-state index contributed by atoms with van der Waals surface area (Å²) >= 11 is 6.27. The quantitative estimate of drug-likeness (QED) is 0.722. The second-order valence-electron chi connectivity index (χ2n) is 5.58. The average Bonchev–Trinajstić information content (AvgIpc) is 2.84. The number of rotatable bonds is 4. The third kappa shape index (κ3) is 3.74. The summed E-state index contributed by atoms with van der Waals surface area (Å²) in [5, 5.41) is 4.50. The van der Waals surface area contributed by atoms with Gasteiger partial charge in [-0.05, 0) is 32.3 Å². The zero-order chi connectivity index (χ0) is 17.2. The van der Waals surface area contributed by atoms with Crippen LogP contribution in [0, 0.1) is 6.92 Å². The van der Waals surface area contributed by atoms with E-state index in [0.717, 1.165) is 17.0 Å². The molecule has 1 aliphatic rings. The van der Waals surface area contributed by atoms with Gasteiger partial charge < -0.3 is 4.90 Å². The summed E-state index contributed by atoms with van der Waals surface area (Å²) in [7, 11) is 0. The maximum Gasteiger partial charge on any atom is 0.435 e. The maximum atomic E-state index is 13.1. The van der Waals surface area contributed by atoms with Crippen LogP contribution < -0.4 is 4.90 Å². The Hall–Kier alpha value is -1.43. The molecule has 1 aliphatic heterocycles. The molecule has 0 N–H and O–H groups in total. The lowest BCUT2D eigenvalue weighted by Crippen LogP contribution is -2.34. The Morgan fingerprint density at radius 2 is 2.04 bits per heavy atom. The van der Waals surface area contributed by atoms with Crippen molar-refractivity contribution in [2.24, 2.45) is 0 Å². The minimum Gasteiger partial charge on any atom is -0.352 e. The fraction of sp³-hybridized carbons (Fsp3) is 0.562. The third-order valence-corrected chi connectivity index (χ3v) is 4.42. The highest BCUT2D eigenvalue weighted by Gasteiger charge is 2.39. The third-order valence-electron chi connectivity index (χ3n) is 3.91. The zero-order valence-electron chi connectivity index (χ0n) is 13.5. The zero-order valence-corrected chi connectivity index (χ0v) is 14.3. The van der Waals surface area contributed by atoms with Crippen LogP contribution >= 0.6 is 11.6 Å². The van der Waals surface area contributed by atoms with E-state index in [1.165, 1.54) is 11.6 Å². The first-order valence-corrected chi connectivity index (χ1v) is 8.07. The molecule has 0 spiro atoms. The lowest BCUT2D eigenvalue weighted by atomic mass is 10.1. The van der Waals surface area contributed by atoms with E-state index < -0.39 is 11.9 Å². The number of hydrogen-bond donors (Lipinski definition) is 0. The van der Waals surface area contributed by atoms with Gasteiger partial charge in [0.05, 0.1) is 0 Å². The minimum absolute atomic E-state index is 0.185. The Bertz CT molecular complexity index is 629. The molecule has 0 saturated heterocycles. The number of aryl methyl sites for hydroxylation is 1. The summed E-state index contributed by atoms with van der Waals surface area (Å²) in [5.41, 5.74) is 0.321. The molecule has 23 heavy (non-hydrogen) atoms. The van der Waals surface area contributed by atoms with Crippen molar-refractivity contribution in [3.8, 4) is 0 Å². The smallest absolute Gasteiger partial charge is 0.352 e. The molecule has 0 atom stereocenters. The molecule has 2 rings (SSSR count). The predicted octanol–water partition coefficient (Wildman–Crippen LogP) is 4.90. The maximum absolute atomic E-state index is 13.1. The topological polar surface area (TPSA) is 21.1 Å². The van der Waals surface area contributed by atoms with E-state index in [1.807, 2.05) is 30.9 Å². The number of aromatic nitrogens is 2. The van der Waals surface area contributed by atoms with Crippen molar-refractivity contribution in [1.29, 1.82) is 0 Å². The molecule has 0 aliphatic carbocycles. The number of nitrogens with zero attached hydrogens (tertiary/aromatic N) is 3. The van der Waals surface area contributed by atoms with Crippen LogP contribution in [0.25, 0.3) is 0 Å². The van der Waals surface area contributed by atoms with E-state index in [-0.39, 0.29) is 5.56 Å². The molecule has 1 aromatic heterocycles. The number of alkyl halides is 3. The molecule has 0 amide bonds. The van der Waals surface area contributed by atoms with Crippen molar-refractivity contribution in [2.45, 2.75) is 46.3 Å². The SMILES string of the molecule is C/C=C\C(CN1CCCn2nc(C(F)(F)F)c(C)c21)=C(\Cl)CC. The molecule has 0 unspecified atom stereocenters. The molecule has 0 bridgehead atoms. The minimum atomic E-state index is -4.43. The van der Waals surface area contributed by atoms with Crippen molar-refractivity contribution < 1.29 is 13.2 Å². The van der Waals surface area contributed by atoms with Crippen molar-refractivity contribution in [2.75, 3.05) is 18.0 Å². The van der Waals surface area contributed by atoms with Crippen LogP contribution in [-0.4, -0.2) is 22.9 Å². The lowest BCUT2D eigenvalue weighted by molar-refractivity contribution is -0.141. The summed E-state index contributed by atoms with van der Waals surface area (Å²) in [6.07, 6.45) is 0.840. The van der Waals surface area contributed by atoms with Gasteiger partial charge in [-0.1, -0.05) is 30.7 Å². The van der Waals surface area contributed by atoms with Crippen LogP contribution in [0.2, 0.25) is 0 Å². The van der Waals surface area contributed by atoms with E-state index in [1.54, 1.807) is 0 Å². The van der Waals surface area contributed by atoms with Crippen LogP contribution in [0.4, 0.5) is 19.0 Å². The van der Waals surface area contributed by atoms with Gasteiger partial charge in [0.25, 0.3) is 0 Å². The number of anilines is 1. The van der Waals surface area contributed by atoms with Crippen LogP contribution in [0.3, 0.4) is 0 Å². The summed E-state index contributed by atoms with van der Waals surface area (Å²) in [6, 6.07) is 0. The summed E-state index contributed by atoms with van der Waals surface area (Å²) in [5.74, 6) is 0.547. The van der Waals surface area contributed by atoms with Gasteiger partial charge in [0.15, 0.2) is 5.69 Å². The standard InChI is InChI=1S/C16H21ClF3N3/c1-4-7-12(13(17)5-2)10-22-8-6-9-23-15(22)11(3)14(21-23)16(18,19)20/h4,7H,5-6,8-10H2,1-3H3/b7-4-,13-12-. The molecule has 0 saturated carbocycles. The summed E-state index contributed by atoms with van der Waals surface area (Å²) in [4.78, 5) is 1.94. The van der Waals surface area contributed by atoms with Crippen LogP contribution in [0.15, 0.2) is 22.8 Å². The van der Waals surface area contributed by atoms with E-state index in [2.05, 4.69) is 5.10 Å². The van der Waals surface area contributed by atoms with Crippen molar-refractivity contribution >= 4 is 17.4 Å². The van der Waals surface area contributed by atoms with Crippen LogP contribution in [0.5, 0.6) is 0 Å². The van der Waals surface area contributed by atoms with E-state index in [0.29, 0.717) is 31.9 Å². The molecular weight excluding hydrogens is 327 g/mol. The summed E-state index contributed by atoms with van der Waals surface area (Å²) in [6.45, 7) is 7.03. The molecule has 2 heterocycles. The van der Waals surface area contributed by atoms with E-state index in [4.69, 9.17) is 11.6 Å². The highest BCUT2D eigenvalue weighted by atomic mass is 35.5. The Balaban J connectivity index is 2.41. The first-order valence-electron chi connectivity index (χ1n) is 7.69. The first kappa shape index (κ1) is 17.9. The number of halogens is 4. The van der Waals surface area contributed by atoms with Crippen LogP contribution in [-0.2, 0) is 12.7 Å². The molecule has 128 valence electrons. The Morgan fingerprint density at radius 3 is 2.61 bits per heavy atom. The average molecular weight is 348 g/mol. The fourth-order valence-electron chi connectivity index (χ4n) is 2.90. The molecule has 0 radical (unpaired) electrons. The van der Waals surface area contributed by atoms with Gasteiger partial charge in [-0.25, -0.2) is 4.68 Å². The number of hydrogen-bond acceptors (Lipinski definition) is 2. The van der Waals surface area contributed by atoms with Crippen LogP contribution in [0.1, 0.15) is 37.9 Å². The normalized spacial score (nSPS) is 16.7. The molecule has 1 aromatic rings. The van der Waals surface area contributed by atoms with Crippen molar-refractivity contribution in [3.63, 3.8) is 0 Å². The van der Waals surface area contributed by atoms with E-state index >= 15 is 0 Å². The predicted molar refractivity (Wildman–Crippen MR) is 86.8 cm³/mol. The van der Waals surface area contributed by atoms with Gasteiger partial charge >= 0.3 is 6.18 Å². The molecule has 0 aromatic carbocycles. The fourth-order valence-corrected chi connectivity index (χ4v) is 3.02. The highest BCUT2D eigenvalue weighted by Crippen LogP contribution is 2.37. The Kier molecular flexibility index (Phi) is 5.45. The first-order chi connectivity index (χ1) is 10.8. The van der Waals surface area contributed by atoms with Gasteiger partial charge in [-0.15, -0.1) is 0 Å². The molecular formula is C16H21ClF3N3. The van der Waals surface area contributed by atoms with Gasteiger partial charge in [-0.3, -0.25) is 0 Å². The summed E-state index contributed by atoms with van der Waals surface area (Å²) < 4.78 is 40.7. The second kappa shape index (κ2) is 6.99. The van der Waals surface area contributed by atoms with Gasteiger partial charge in [-0.2, -0.15) is 18.3 Å². The largest absolute Gasteiger partial charge is 0.435 e. The van der Waals surface area contributed by atoms with E-state index in [9.17, 15) is 13.2 Å².